The Balaban J connectivity index is 2.09. The first kappa shape index (κ1) is 14.3. The van der Waals surface area contributed by atoms with Crippen LogP contribution in [-0.4, -0.2) is 5.78 Å². The number of benzene rings is 2. The van der Waals surface area contributed by atoms with Crippen LogP contribution in [-0.2, 0) is 11.2 Å². The van der Waals surface area contributed by atoms with Crippen molar-refractivity contribution in [1.82, 2.24) is 0 Å². The van der Waals surface area contributed by atoms with Crippen molar-refractivity contribution >= 4 is 16.6 Å². The summed E-state index contributed by atoms with van der Waals surface area (Å²) in [6.07, 6.45) is 1.01. The number of ketones is 1. The van der Waals surface area contributed by atoms with E-state index in [1.807, 2.05) is 42.5 Å². The summed E-state index contributed by atoms with van der Waals surface area (Å²) < 4.78 is 5.41. The van der Waals surface area contributed by atoms with Gasteiger partial charge < -0.3 is 9.21 Å². The predicted octanol–water partition coefficient (Wildman–Crippen LogP) is 3.98. The van der Waals surface area contributed by atoms with Crippen LogP contribution in [0.4, 0.5) is 0 Å². The van der Waals surface area contributed by atoms with Crippen molar-refractivity contribution in [2.75, 3.05) is 0 Å². The van der Waals surface area contributed by atoms with Gasteiger partial charge in [0.25, 0.3) is 0 Å². The van der Waals surface area contributed by atoms with Crippen LogP contribution in [0, 0.1) is 0 Å². The Morgan fingerprint density at radius 1 is 1.00 bits per heavy atom. The van der Waals surface area contributed by atoms with Crippen LogP contribution >= 0.6 is 0 Å². The summed E-state index contributed by atoms with van der Waals surface area (Å²) in [5.74, 6) is 0.676. The van der Waals surface area contributed by atoms with E-state index < -0.39 is 0 Å². The molecule has 3 rings (SSSR count). The number of carbonyl (C=O) groups is 1. The van der Waals surface area contributed by atoms with Crippen LogP contribution in [0.1, 0.15) is 18.9 Å². The Bertz CT molecular complexity index is 890. The average molecular weight is 292 g/mol. The zero-order valence-electron chi connectivity index (χ0n) is 12.3. The second-order valence-electron chi connectivity index (χ2n) is 5.37. The molecule has 0 aliphatic carbocycles. The maximum atomic E-state index is 11.6. The Morgan fingerprint density at radius 3 is 2.55 bits per heavy atom. The predicted molar refractivity (Wildman–Crippen MR) is 86.9 cm³/mol. The highest BCUT2D eigenvalue weighted by Crippen LogP contribution is 2.27. The highest BCUT2D eigenvalue weighted by atomic mass is 16.4. The molecule has 0 N–H and O–H groups in total. The van der Waals surface area contributed by atoms with Crippen molar-refractivity contribution < 1.29 is 9.21 Å². The number of carbonyl (C=O) groups excluding carboxylic acids is 1. The van der Waals surface area contributed by atoms with Crippen LogP contribution in [0.3, 0.4) is 0 Å². The largest absolute Gasteiger partial charge is 0.422 e. The van der Waals surface area contributed by atoms with Crippen LogP contribution in [0.5, 0.6) is 0 Å². The molecule has 0 saturated carbocycles. The smallest absolute Gasteiger partial charge is 0.336 e. The number of Topliss-reactive ketones (excluding diaryl/α,β-unsaturated/α-hetero) is 1. The summed E-state index contributed by atoms with van der Waals surface area (Å²) in [7, 11) is 0. The van der Waals surface area contributed by atoms with Gasteiger partial charge in [0.05, 0.1) is 0 Å². The molecule has 22 heavy (non-hydrogen) atoms. The van der Waals surface area contributed by atoms with Crippen molar-refractivity contribution in [2.24, 2.45) is 0 Å². The quantitative estimate of drug-likeness (QED) is 0.730. The summed E-state index contributed by atoms with van der Waals surface area (Å²) in [5.41, 5.74) is 1.36. The van der Waals surface area contributed by atoms with E-state index in [2.05, 4.69) is 0 Å². The first-order chi connectivity index (χ1) is 10.6. The van der Waals surface area contributed by atoms with Crippen molar-refractivity contribution in [3.8, 4) is 11.3 Å². The minimum atomic E-state index is -0.380. The molecule has 0 spiro atoms. The summed E-state index contributed by atoms with van der Waals surface area (Å²) in [6, 6.07) is 17.1. The Hall–Kier alpha value is -2.68. The fourth-order valence-electron chi connectivity index (χ4n) is 2.53. The van der Waals surface area contributed by atoms with Crippen LogP contribution in [0.25, 0.3) is 22.1 Å². The molecule has 0 aliphatic rings. The molecule has 1 aromatic heterocycles. The van der Waals surface area contributed by atoms with E-state index in [0.717, 1.165) is 21.9 Å². The molecule has 1 heterocycles. The van der Waals surface area contributed by atoms with E-state index in [-0.39, 0.29) is 11.4 Å². The molecule has 0 amide bonds. The molecular weight excluding hydrogens is 276 g/mol. The SMILES string of the molecule is CC(=O)CCc1ccc(=O)oc1-c1ccc2ccccc2c1. The molecule has 0 saturated heterocycles. The minimum Gasteiger partial charge on any atom is -0.422 e. The Morgan fingerprint density at radius 2 is 1.77 bits per heavy atom. The second-order valence-corrected chi connectivity index (χ2v) is 5.37. The van der Waals surface area contributed by atoms with E-state index in [4.69, 9.17) is 4.42 Å². The third-order valence-corrected chi connectivity index (χ3v) is 3.67. The monoisotopic (exact) mass is 292 g/mol. The molecule has 110 valence electrons. The van der Waals surface area contributed by atoms with Gasteiger partial charge in [0, 0.05) is 18.1 Å². The van der Waals surface area contributed by atoms with Crippen LogP contribution in [0.15, 0.2) is 63.8 Å². The summed E-state index contributed by atoms with van der Waals surface area (Å²) in [4.78, 5) is 22.8. The first-order valence-electron chi connectivity index (χ1n) is 7.25. The summed E-state index contributed by atoms with van der Waals surface area (Å²) in [6.45, 7) is 1.56. The summed E-state index contributed by atoms with van der Waals surface area (Å²) in [5, 5.41) is 2.22. The highest BCUT2D eigenvalue weighted by Gasteiger charge is 2.10. The number of rotatable bonds is 4. The molecule has 0 radical (unpaired) electrons. The molecule has 3 heteroatoms. The molecule has 3 aromatic rings. The third-order valence-electron chi connectivity index (χ3n) is 3.67. The number of aryl methyl sites for hydroxylation is 1. The lowest BCUT2D eigenvalue weighted by Crippen LogP contribution is -2.02. The third kappa shape index (κ3) is 2.98. The molecule has 0 bridgehead atoms. The van der Waals surface area contributed by atoms with Gasteiger partial charge in [-0.3, -0.25) is 0 Å². The van der Waals surface area contributed by atoms with E-state index >= 15 is 0 Å². The van der Waals surface area contributed by atoms with Crippen LogP contribution < -0.4 is 5.63 Å². The van der Waals surface area contributed by atoms with Crippen molar-refractivity contribution in [1.29, 1.82) is 0 Å². The minimum absolute atomic E-state index is 0.121. The maximum Gasteiger partial charge on any atom is 0.336 e. The fraction of sp³-hybridized carbons (Fsp3) is 0.158. The Labute approximate surface area is 128 Å². The van der Waals surface area contributed by atoms with Gasteiger partial charge >= 0.3 is 5.63 Å². The van der Waals surface area contributed by atoms with Gasteiger partial charge in [0.2, 0.25) is 0 Å². The van der Waals surface area contributed by atoms with Crippen molar-refractivity contribution in [3.05, 3.63) is 70.6 Å². The van der Waals surface area contributed by atoms with Crippen molar-refractivity contribution in [3.63, 3.8) is 0 Å². The Kier molecular flexibility index (Phi) is 3.88. The fourth-order valence-corrected chi connectivity index (χ4v) is 2.53. The molecule has 0 unspecified atom stereocenters. The zero-order chi connectivity index (χ0) is 15.5. The molecule has 3 nitrogen and oxygen atoms in total. The molecule has 2 aromatic carbocycles. The van der Waals surface area contributed by atoms with E-state index in [1.165, 1.54) is 6.07 Å². The van der Waals surface area contributed by atoms with Crippen LogP contribution in [0.2, 0.25) is 0 Å². The summed E-state index contributed by atoms with van der Waals surface area (Å²) >= 11 is 0. The number of hydrogen-bond acceptors (Lipinski definition) is 3. The normalized spacial score (nSPS) is 10.8. The maximum absolute atomic E-state index is 11.6. The first-order valence-corrected chi connectivity index (χ1v) is 7.25. The van der Waals surface area contributed by atoms with E-state index in [9.17, 15) is 9.59 Å². The van der Waals surface area contributed by atoms with Gasteiger partial charge in [0.1, 0.15) is 11.5 Å². The molecule has 0 fully saturated rings. The lowest BCUT2D eigenvalue weighted by molar-refractivity contribution is -0.116. The van der Waals surface area contributed by atoms with E-state index in [1.54, 1.807) is 13.0 Å². The molecule has 0 atom stereocenters. The van der Waals surface area contributed by atoms with E-state index in [0.29, 0.717) is 18.6 Å². The standard InChI is InChI=1S/C19H16O3/c1-13(20)6-7-15-10-11-18(21)22-19(15)17-9-8-14-4-2-3-5-16(14)12-17/h2-5,8-12H,6-7H2,1H3. The van der Waals surface area contributed by atoms with Gasteiger partial charge in [-0.15, -0.1) is 0 Å². The number of fused-ring (bicyclic) bond motifs is 1. The lowest BCUT2D eigenvalue weighted by Gasteiger charge is -2.08. The molecular formula is C19H16O3. The van der Waals surface area contributed by atoms with Gasteiger partial charge in [-0.1, -0.05) is 36.4 Å². The molecule has 0 aliphatic heterocycles. The van der Waals surface area contributed by atoms with Crippen molar-refractivity contribution in [2.45, 2.75) is 19.8 Å². The lowest BCUT2D eigenvalue weighted by atomic mass is 10.00. The van der Waals surface area contributed by atoms with Gasteiger partial charge in [-0.05, 0) is 41.8 Å². The highest BCUT2D eigenvalue weighted by molar-refractivity contribution is 5.87. The number of hydrogen-bond donors (Lipinski definition) is 0. The zero-order valence-corrected chi connectivity index (χ0v) is 12.3. The average Bonchev–Trinajstić information content (AvgIpc) is 2.53. The van der Waals surface area contributed by atoms with Gasteiger partial charge in [0.15, 0.2) is 0 Å². The second kappa shape index (κ2) is 5.98. The topological polar surface area (TPSA) is 47.3 Å². The van der Waals surface area contributed by atoms with Gasteiger partial charge in [-0.2, -0.15) is 0 Å². The van der Waals surface area contributed by atoms with Gasteiger partial charge in [-0.25, -0.2) is 4.79 Å².